The number of aromatic hydroxyl groups is 1. The maximum absolute atomic E-state index is 8.99. The molecule has 0 amide bonds. The molecular weight excluding hydrogens is 175 g/mol. The number of phenolic OH excluding ortho intramolecular Hbond substituents is 1. The van der Waals surface area contributed by atoms with Gasteiger partial charge in [0.15, 0.2) is 0 Å². The van der Waals surface area contributed by atoms with E-state index < -0.39 is 0 Å². The first-order valence-electron chi connectivity index (χ1n) is 2.65. The molecular formula is C7H7ClKO. The summed E-state index contributed by atoms with van der Waals surface area (Å²) >= 11 is 5.61. The average molecular weight is 182 g/mol. The van der Waals surface area contributed by atoms with Crippen molar-refractivity contribution in [1.29, 1.82) is 0 Å². The molecule has 0 unspecified atom stereocenters. The van der Waals surface area contributed by atoms with E-state index in [2.05, 4.69) is 0 Å². The van der Waals surface area contributed by atoms with Crippen molar-refractivity contribution in [2.75, 3.05) is 0 Å². The molecule has 0 bridgehead atoms. The Bertz CT molecular complexity index is 225. The summed E-state index contributed by atoms with van der Waals surface area (Å²) in [6.45, 7) is 1.81. The predicted octanol–water partition coefficient (Wildman–Crippen LogP) is 1.97. The molecule has 0 fully saturated rings. The zero-order valence-corrected chi connectivity index (χ0v) is 9.94. The van der Waals surface area contributed by atoms with Gasteiger partial charge in [-0.3, -0.25) is 0 Å². The van der Waals surface area contributed by atoms with E-state index in [4.69, 9.17) is 16.7 Å². The number of aryl methyl sites for hydroxylation is 1. The topological polar surface area (TPSA) is 20.2 Å². The van der Waals surface area contributed by atoms with Crippen LogP contribution in [0.25, 0.3) is 0 Å². The first-order chi connectivity index (χ1) is 4.20. The Balaban J connectivity index is 0.000000810. The Kier molecular flexibility index (Phi) is 5.20. The second kappa shape index (κ2) is 4.75. The summed E-state index contributed by atoms with van der Waals surface area (Å²) in [5.74, 6) is 0.291. The maximum atomic E-state index is 8.99. The van der Waals surface area contributed by atoms with Crippen molar-refractivity contribution in [3.05, 3.63) is 28.8 Å². The van der Waals surface area contributed by atoms with Gasteiger partial charge in [0, 0.05) is 56.4 Å². The van der Waals surface area contributed by atoms with Crippen molar-refractivity contribution < 1.29 is 5.11 Å². The van der Waals surface area contributed by atoms with Crippen molar-refractivity contribution >= 4 is 63.0 Å². The Hall–Kier alpha value is 0.946. The molecule has 1 nitrogen and oxygen atoms in total. The Morgan fingerprint density at radius 1 is 1.40 bits per heavy atom. The third-order valence-corrected chi connectivity index (χ3v) is 1.39. The van der Waals surface area contributed by atoms with Gasteiger partial charge in [0.2, 0.25) is 0 Å². The summed E-state index contributed by atoms with van der Waals surface area (Å²) in [7, 11) is 0. The number of halogens is 1. The molecule has 3 heteroatoms. The van der Waals surface area contributed by atoms with Gasteiger partial charge in [-0.05, 0) is 30.7 Å². The first kappa shape index (κ1) is 10.9. The van der Waals surface area contributed by atoms with Crippen molar-refractivity contribution in [2.45, 2.75) is 6.92 Å². The molecule has 0 aliphatic heterocycles. The second-order valence-electron chi connectivity index (χ2n) is 1.93. The minimum Gasteiger partial charge on any atom is -0.508 e. The zero-order valence-electron chi connectivity index (χ0n) is 6.06. The van der Waals surface area contributed by atoms with E-state index in [1.807, 2.05) is 0 Å². The van der Waals surface area contributed by atoms with Crippen molar-refractivity contribution in [3.8, 4) is 5.75 Å². The minimum absolute atomic E-state index is 0. The van der Waals surface area contributed by atoms with Crippen LogP contribution in [-0.4, -0.2) is 56.5 Å². The molecule has 1 rings (SSSR count). The summed E-state index contributed by atoms with van der Waals surface area (Å²) in [6, 6.07) is 4.96. The molecule has 49 valence electrons. The van der Waals surface area contributed by atoms with Crippen LogP contribution in [0.2, 0.25) is 5.02 Å². The fraction of sp³-hybridized carbons (Fsp3) is 0.143. The van der Waals surface area contributed by atoms with Crippen molar-refractivity contribution in [3.63, 3.8) is 0 Å². The van der Waals surface area contributed by atoms with Gasteiger partial charge in [0.05, 0.1) is 0 Å². The van der Waals surface area contributed by atoms with Crippen molar-refractivity contribution in [2.24, 2.45) is 0 Å². The summed E-state index contributed by atoms with van der Waals surface area (Å²) in [6.07, 6.45) is 0. The molecule has 0 atom stereocenters. The van der Waals surface area contributed by atoms with Gasteiger partial charge in [-0.1, -0.05) is 11.6 Å². The van der Waals surface area contributed by atoms with E-state index in [1.54, 1.807) is 25.1 Å². The van der Waals surface area contributed by atoms with E-state index in [-0.39, 0.29) is 51.4 Å². The fourth-order valence-corrected chi connectivity index (χ4v) is 0.846. The third-order valence-electron chi connectivity index (χ3n) is 1.16. The quantitative estimate of drug-likeness (QED) is 0.607. The number of hydrogen-bond donors (Lipinski definition) is 1. The second-order valence-corrected chi connectivity index (χ2v) is 2.37. The predicted molar refractivity (Wildman–Crippen MR) is 43.6 cm³/mol. The van der Waals surface area contributed by atoms with Crippen LogP contribution in [0.3, 0.4) is 0 Å². The monoisotopic (exact) mass is 181 g/mol. The summed E-state index contributed by atoms with van der Waals surface area (Å²) in [5.41, 5.74) is 0.808. The molecule has 10 heavy (non-hydrogen) atoms. The van der Waals surface area contributed by atoms with Crippen LogP contribution in [0.15, 0.2) is 18.2 Å². The number of hydrogen-bond acceptors (Lipinski definition) is 1. The van der Waals surface area contributed by atoms with E-state index in [1.165, 1.54) is 0 Å². The molecule has 1 aromatic rings. The van der Waals surface area contributed by atoms with Gasteiger partial charge in [0.1, 0.15) is 5.75 Å². The largest absolute Gasteiger partial charge is 0.508 e. The van der Waals surface area contributed by atoms with Crippen molar-refractivity contribution in [1.82, 2.24) is 0 Å². The van der Waals surface area contributed by atoms with Crippen LogP contribution in [0.1, 0.15) is 5.56 Å². The van der Waals surface area contributed by atoms with Gasteiger partial charge in [0.25, 0.3) is 0 Å². The standard InChI is InChI=1S/C7H7ClO.K/c1-5-4-6(8)2-3-7(5)9;/h2-4,9H,1H3;. The van der Waals surface area contributed by atoms with Crippen LogP contribution in [-0.2, 0) is 0 Å². The Morgan fingerprint density at radius 3 is 2.40 bits per heavy atom. The molecule has 0 saturated heterocycles. The van der Waals surface area contributed by atoms with Gasteiger partial charge in [-0.15, -0.1) is 0 Å². The normalized spacial score (nSPS) is 8.60. The molecule has 0 saturated carbocycles. The molecule has 1 aromatic carbocycles. The molecule has 0 heterocycles. The van der Waals surface area contributed by atoms with E-state index in [9.17, 15) is 0 Å². The Morgan fingerprint density at radius 2 is 2.00 bits per heavy atom. The number of benzene rings is 1. The van der Waals surface area contributed by atoms with Gasteiger partial charge >= 0.3 is 0 Å². The maximum Gasteiger partial charge on any atom is 0.118 e. The number of phenols is 1. The first-order valence-corrected chi connectivity index (χ1v) is 3.03. The van der Waals surface area contributed by atoms with Crippen LogP contribution >= 0.6 is 11.6 Å². The summed E-state index contributed by atoms with van der Waals surface area (Å²) < 4.78 is 0. The van der Waals surface area contributed by atoms with Gasteiger partial charge < -0.3 is 5.11 Å². The molecule has 0 aliphatic carbocycles. The summed E-state index contributed by atoms with van der Waals surface area (Å²) in [5, 5.41) is 9.64. The smallest absolute Gasteiger partial charge is 0.118 e. The Labute approximate surface area is 108 Å². The average Bonchev–Trinajstić information content (AvgIpc) is 1.80. The van der Waals surface area contributed by atoms with Crippen LogP contribution in [0.5, 0.6) is 5.75 Å². The van der Waals surface area contributed by atoms with Crippen LogP contribution < -0.4 is 0 Å². The molecule has 0 aliphatic rings. The van der Waals surface area contributed by atoms with E-state index in [0.717, 1.165) is 5.56 Å². The van der Waals surface area contributed by atoms with Gasteiger partial charge in [-0.25, -0.2) is 0 Å². The molecule has 0 spiro atoms. The zero-order chi connectivity index (χ0) is 6.85. The van der Waals surface area contributed by atoms with Crippen LogP contribution in [0.4, 0.5) is 0 Å². The van der Waals surface area contributed by atoms with E-state index >= 15 is 0 Å². The van der Waals surface area contributed by atoms with E-state index in [0.29, 0.717) is 10.8 Å². The summed E-state index contributed by atoms with van der Waals surface area (Å²) in [4.78, 5) is 0. The fourth-order valence-electron chi connectivity index (χ4n) is 0.619. The molecule has 1 N–H and O–H groups in total. The third kappa shape index (κ3) is 2.90. The molecule has 1 radical (unpaired) electrons. The van der Waals surface area contributed by atoms with Gasteiger partial charge in [-0.2, -0.15) is 0 Å². The minimum atomic E-state index is 0. The molecule has 0 aromatic heterocycles. The number of rotatable bonds is 0. The van der Waals surface area contributed by atoms with Crippen LogP contribution in [0, 0.1) is 6.92 Å². The SMILES string of the molecule is Cc1cc(Cl)ccc1O.[K].